The van der Waals surface area contributed by atoms with Gasteiger partial charge in [-0.15, -0.1) is 11.3 Å². The van der Waals surface area contributed by atoms with Crippen molar-refractivity contribution in [2.45, 2.75) is 13.8 Å². The molecule has 0 spiro atoms. The Bertz CT molecular complexity index is 712. The number of aliphatic carboxylic acids is 3. The van der Waals surface area contributed by atoms with E-state index in [1.165, 1.54) is 0 Å². The van der Waals surface area contributed by atoms with E-state index in [9.17, 15) is 39.6 Å². The Morgan fingerprint density at radius 3 is 1.73 bits per heavy atom. The summed E-state index contributed by atoms with van der Waals surface area (Å²) < 4.78 is 0. The molecule has 1 aromatic heterocycles. The third-order valence-electron chi connectivity index (χ3n) is 2.51. The van der Waals surface area contributed by atoms with Crippen molar-refractivity contribution in [3.8, 4) is 0 Å². The molecule has 0 amide bonds. The van der Waals surface area contributed by atoms with Gasteiger partial charge in [-0.1, -0.05) is 7.43 Å². The van der Waals surface area contributed by atoms with Crippen molar-refractivity contribution in [2.24, 2.45) is 0 Å². The van der Waals surface area contributed by atoms with E-state index in [4.69, 9.17) is 6.57 Å². The van der Waals surface area contributed by atoms with Crippen LogP contribution >= 0.6 is 11.3 Å². The summed E-state index contributed by atoms with van der Waals surface area (Å²) in [6, 6.07) is 0. The Morgan fingerprint density at radius 1 is 0.962 bits per heavy atom. The fraction of sp³-hybridized carbons (Fsp3) is 0.308. The SMILES string of the molecule is C.[C-]#[N+]c1c(N(CC(=O)[O-])CC(=O)[O-])sc(C(=O)[O-])c1CC(=O)[O-].[Li+].[Li+]. The van der Waals surface area contributed by atoms with Crippen LogP contribution in [0.25, 0.3) is 4.85 Å². The molecule has 0 fully saturated rings. The van der Waals surface area contributed by atoms with Gasteiger partial charge in [0.2, 0.25) is 5.69 Å². The molecular formula is C13H10Li2N2O8S-2. The van der Waals surface area contributed by atoms with Crippen LogP contribution < -0.4 is 63.0 Å². The summed E-state index contributed by atoms with van der Waals surface area (Å²) in [4.78, 5) is 46.1. The average molecular weight is 368 g/mol. The fourth-order valence-corrected chi connectivity index (χ4v) is 2.85. The van der Waals surface area contributed by atoms with Crippen molar-refractivity contribution in [3.63, 3.8) is 0 Å². The topological polar surface area (TPSA) is 168 Å². The van der Waals surface area contributed by atoms with E-state index in [2.05, 4.69) is 4.85 Å². The maximum atomic E-state index is 11.1. The van der Waals surface area contributed by atoms with E-state index in [1.54, 1.807) is 0 Å². The second-order valence-corrected chi connectivity index (χ2v) is 5.11. The van der Waals surface area contributed by atoms with Crippen molar-refractivity contribution < 1.29 is 77.3 Å². The van der Waals surface area contributed by atoms with Crippen LogP contribution in [0.1, 0.15) is 22.7 Å². The monoisotopic (exact) mass is 368 g/mol. The molecule has 0 atom stereocenters. The molecule has 0 aliphatic rings. The maximum absolute atomic E-state index is 11.1. The first kappa shape index (κ1) is 28.9. The summed E-state index contributed by atoms with van der Waals surface area (Å²) in [6.45, 7) is 5.11. The van der Waals surface area contributed by atoms with Gasteiger partial charge >= 0.3 is 37.7 Å². The van der Waals surface area contributed by atoms with Crippen molar-refractivity contribution in [1.29, 1.82) is 0 Å². The van der Waals surface area contributed by atoms with Gasteiger partial charge in [-0.2, -0.15) is 0 Å². The normalized spacial score (nSPS) is 8.73. The number of carbonyl (C=O) groups excluding carboxylic acids is 4. The minimum Gasteiger partial charge on any atom is -0.550 e. The summed E-state index contributed by atoms with van der Waals surface area (Å²) in [5.74, 6) is -6.84. The Kier molecular flexibility index (Phi) is 13.8. The molecule has 0 radical (unpaired) electrons. The van der Waals surface area contributed by atoms with Gasteiger partial charge in [0.1, 0.15) is 0 Å². The third kappa shape index (κ3) is 7.53. The van der Waals surface area contributed by atoms with Crippen molar-refractivity contribution in [2.75, 3.05) is 18.0 Å². The zero-order chi connectivity index (χ0) is 17.7. The summed E-state index contributed by atoms with van der Waals surface area (Å²) in [6.07, 6.45) is -0.929. The van der Waals surface area contributed by atoms with E-state index >= 15 is 0 Å². The number of carboxylic acids is 4. The predicted molar refractivity (Wildman–Crippen MR) is 72.6 cm³/mol. The zero-order valence-electron chi connectivity index (χ0n) is 13.2. The molecule has 0 N–H and O–H groups in total. The predicted octanol–water partition coefficient (Wildman–Crippen LogP) is -10.1. The molecule has 10 nitrogen and oxygen atoms in total. The van der Waals surface area contributed by atoms with Crippen molar-refractivity contribution in [3.05, 3.63) is 21.9 Å². The number of aromatic carboxylic acids is 1. The second-order valence-electron chi connectivity index (χ2n) is 4.11. The van der Waals surface area contributed by atoms with E-state index in [0.717, 1.165) is 0 Å². The number of hydrogen-bond donors (Lipinski definition) is 0. The zero-order valence-corrected chi connectivity index (χ0v) is 14.0. The first-order valence-corrected chi connectivity index (χ1v) is 6.58. The van der Waals surface area contributed by atoms with E-state index < -0.39 is 59.5 Å². The Balaban J connectivity index is -0.00000176. The van der Waals surface area contributed by atoms with Crippen LogP contribution in [-0.4, -0.2) is 37.0 Å². The standard InChI is InChI=1S/C12H10N2O8S.CH4.2Li/c1-13-9-5(2-6(15)16)10(12(21)22)23-11(9)14(3-7(17)18)4-8(19)20;;;/h2-4H2,(H,15,16)(H,17,18)(H,19,20)(H,21,22);1H4;;/q;;2*+1/p-4. The molecule has 0 aliphatic heterocycles. The van der Waals surface area contributed by atoms with Gasteiger partial charge in [-0.05, 0) is 5.56 Å². The molecule has 0 aromatic carbocycles. The molecule has 0 unspecified atom stereocenters. The summed E-state index contributed by atoms with van der Waals surface area (Å²) in [7, 11) is 0. The molecular weight excluding hydrogens is 358 g/mol. The van der Waals surface area contributed by atoms with Crippen LogP contribution in [0.4, 0.5) is 10.7 Å². The molecule has 1 rings (SSSR count). The molecule has 1 aromatic rings. The fourth-order valence-electron chi connectivity index (χ4n) is 1.76. The number of nitrogens with zero attached hydrogens (tertiary/aromatic N) is 2. The molecule has 1 heterocycles. The first-order chi connectivity index (χ1) is 10.7. The Morgan fingerprint density at radius 2 is 1.42 bits per heavy atom. The quantitative estimate of drug-likeness (QED) is 0.319. The molecule has 130 valence electrons. The summed E-state index contributed by atoms with van der Waals surface area (Å²) in [5, 5.41) is 42.8. The summed E-state index contributed by atoms with van der Waals surface area (Å²) >= 11 is 0.330. The third-order valence-corrected chi connectivity index (χ3v) is 3.77. The molecule has 0 bridgehead atoms. The molecule has 0 saturated carbocycles. The minimum absolute atomic E-state index is 0. The summed E-state index contributed by atoms with van der Waals surface area (Å²) in [5.41, 5.74) is -0.942. The smallest absolute Gasteiger partial charge is 0.550 e. The van der Waals surface area contributed by atoms with Crippen LogP contribution in [-0.2, 0) is 20.8 Å². The molecule has 0 aliphatic carbocycles. The van der Waals surface area contributed by atoms with Gasteiger partial charge < -0.3 is 44.5 Å². The molecule has 13 heteroatoms. The number of anilines is 1. The largest absolute Gasteiger partial charge is 1.00 e. The number of carbonyl (C=O) groups is 4. The molecule has 26 heavy (non-hydrogen) atoms. The van der Waals surface area contributed by atoms with Gasteiger partial charge in [-0.3, -0.25) is 0 Å². The van der Waals surface area contributed by atoms with Crippen molar-refractivity contribution in [1.82, 2.24) is 0 Å². The number of carboxylic acid groups (broad SMARTS) is 4. The number of hydrogen-bond acceptors (Lipinski definition) is 10. The van der Waals surface area contributed by atoms with Gasteiger partial charge in [0.25, 0.3) is 0 Å². The van der Waals surface area contributed by atoms with Crippen molar-refractivity contribution >= 4 is 45.9 Å². The first-order valence-electron chi connectivity index (χ1n) is 5.76. The van der Waals surface area contributed by atoms with Crippen LogP contribution in [0.2, 0.25) is 0 Å². The van der Waals surface area contributed by atoms with Crippen LogP contribution in [0, 0.1) is 6.57 Å². The Hall–Kier alpha value is -1.94. The van der Waals surface area contributed by atoms with E-state index in [-0.39, 0.29) is 50.1 Å². The Labute approximate surface area is 176 Å². The van der Waals surface area contributed by atoms with Crippen LogP contribution in [0.5, 0.6) is 0 Å². The second kappa shape index (κ2) is 12.4. The molecule has 0 saturated heterocycles. The van der Waals surface area contributed by atoms with Gasteiger partial charge in [0, 0.05) is 17.3 Å². The van der Waals surface area contributed by atoms with E-state index in [1.807, 2.05) is 0 Å². The van der Waals surface area contributed by atoms with Crippen LogP contribution in [0.15, 0.2) is 0 Å². The van der Waals surface area contributed by atoms with Crippen LogP contribution in [0.3, 0.4) is 0 Å². The number of rotatable bonds is 8. The maximum Gasteiger partial charge on any atom is 1.00 e. The van der Waals surface area contributed by atoms with Gasteiger partial charge in [0.15, 0.2) is 0 Å². The average Bonchev–Trinajstić information content (AvgIpc) is 2.74. The number of thiophene rings is 1. The van der Waals surface area contributed by atoms with Gasteiger partial charge in [0.05, 0.1) is 42.6 Å². The van der Waals surface area contributed by atoms with E-state index in [0.29, 0.717) is 16.2 Å². The van der Waals surface area contributed by atoms with Gasteiger partial charge in [-0.25, -0.2) is 4.85 Å². The minimum atomic E-state index is -1.79.